The minimum absolute atomic E-state index is 0.483. The van der Waals surface area contributed by atoms with Gasteiger partial charge in [0.25, 0.3) is 5.91 Å². The summed E-state index contributed by atoms with van der Waals surface area (Å²) < 4.78 is 26.8. The predicted octanol–water partition coefficient (Wildman–Crippen LogP) is 0.630. The monoisotopic (exact) mass is 306 g/mol. The Morgan fingerprint density at radius 1 is 1.20 bits per heavy atom. The van der Waals surface area contributed by atoms with Gasteiger partial charge in [0.2, 0.25) is 5.91 Å². The summed E-state index contributed by atoms with van der Waals surface area (Å²) >= 11 is 5.33. The fraction of sp³-hybridized carbons (Fsp3) is 0.182. The first-order chi connectivity index (χ1) is 9.22. The number of hydrogen-bond acceptors (Lipinski definition) is 3. The number of carboxylic acid groups (broad SMARTS) is 1. The molecular weight excluding hydrogens is 298 g/mol. The van der Waals surface area contributed by atoms with E-state index >= 15 is 0 Å². The highest BCUT2D eigenvalue weighted by Gasteiger charge is 2.24. The maximum Gasteiger partial charge on any atom is 0.323 e. The van der Waals surface area contributed by atoms with E-state index in [1.807, 2.05) is 0 Å². The summed E-state index contributed by atoms with van der Waals surface area (Å²) in [6.07, 6.45) is 0. The zero-order chi connectivity index (χ0) is 15.4. The fourth-order valence-corrected chi connectivity index (χ4v) is 1.56. The number of rotatable bonds is 5. The van der Waals surface area contributed by atoms with Crippen molar-refractivity contribution in [1.82, 2.24) is 4.90 Å². The lowest BCUT2D eigenvalue weighted by molar-refractivity contribution is -0.138. The quantitative estimate of drug-likeness (QED) is 0.779. The van der Waals surface area contributed by atoms with Gasteiger partial charge >= 0.3 is 5.97 Å². The van der Waals surface area contributed by atoms with Crippen molar-refractivity contribution in [3.63, 3.8) is 0 Å². The van der Waals surface area contributed by atoms with Crippen molar-refractivity contribution >= 4 is 29.4 Å². The van der Waals surface area contributed by atoms with Crippen molar-refractivity contribution in [2.45, 2.75) is 0 Å². The molecule has 0 radical (unpaired) electrons. The van der Waals surface area contributed by atoms with Gasteiger partial charge in [-0.25, -0.2) is 8.78 Å². The highest BCUT2D eigenvalue weighted by atomic mass is 35.5. The minimum Gasteiger partial charge on any atom is -0.480 e. The number of nitrogens with two attached hydrogens (primary N) is 1. The van der Waals surface area contributed by atoms with Crippen molar-refractivity contribution in [3.8, 4) is 0 Å². The van der Waals surface area contributed by atoms with Crippen LogP contribution in [0.5, 0.6) is 0 Å². The van der Waals surface area contributed by atoms with Crippen LogP contribution in [0.15, 0.2) is 12.1 Å². The van der Waals surface area contributed by atoms with Gasteiger partial charge in [-0.15, -0.1) is 0 Å². The highest BCUT2D eigenvalue weighted by Crippen LogP contribution is 2.20. The Kier molecular flexibility index (Phi) is 4.98. The molecule has 9 heteroatoms. The standard InChI is InChI=1S/C11H9ClF2N2O4/c12-6-2-7(13)5(1-8(6)14)11(20)16(3-9(15)17)4-10(18)19/h1-2H,3-4H2,(H2,15,17)(H,18,19). The largest absolute Gasteiger partial charge is 0.480 e. The van der Waals surface area contributed by atoms with E-state index in [0.717, 1.165) is 0 Å². The van der Waals surface area contributed by atoms with Crippen LogP contribution in [-0.4, -0.2) is 40.9 Å². The molecule has 108 valence electrons. The SMILES string of the molecule is NC(=O)CN(CC(=O)O)C(=O)c1cc(F)c(Cl)cc1F. The summed E-state index contributed by atoms with van der Waals surface area (Å²) in [6, 6.07) is 1.10. The third kappa shape index (κ3) is 3.89. The molecular formula is C11H9ClF2N2O4. The van der Waals surface area contributed by atoms with Crippen molar-refractivity contribution in [3.05, 3.63) is 34.4 Å². The van der Waals surface area contributed by atoms with E-state index in [-0.39, 0.29) is 0 Å². The molecule has 0 heterocycles. The number of nitrogens with zero attached hydrogens (tertiary/aromatic N) is 1. The maximum absolute atomic E-state index is 13.6. The molecule has 0 atom stereocenters. The first-order valence-electron chi connectivity index (χ1n) is 5.16. The van der Waals surface area contributed by atoms with Crippen molar-refractivity contribution in [2.24, 2.45) is 5.73 Å². The molecule has 0 aromatic heterocycles. The second-order valence-electron chi connectivity index (χ2n) is 3.77. The van der Waals surface area contributed by atoms with Gasteiger partial charge in [0.1, 0.15) is 24.7 Å². The minimum atomic E-state index is -1.44. The van der Waals surface area contributed by atoms with Gasteiger partial charge in [-0.2, -0.15) is 0 Å². The summed E-state index contributed by atoms with van der Waals surface area (Å²) in [4.78, 5) is 33.8. The number of amides is 2. The van der Waals surface area contributed by atoms with Gasteiger partial charge < -0.3 is 15.7 Å². The van der Waals surface area contributed by atoms with Crippen LogP contribution < -0.4 is 5.73 Å². The lowest BCUT2D eigenvalue weighted by atomic mass is 10.1. The van der Waals surface area contributed by atoms with Gasteiger partial charge in [-0.05, 0) is 12.1 Å². The van der Waals surface area contributed by atoms with Crippen LogP contribution in [0, 0.1) is 11.6 Å². The Balaban J connectivity index is 3.14. The van der Waals surface area contributed by atoms with Crippen LogP contribution in [0.4, 0.5) is 8.78 Å². The number of carbonyl (C=O) groups is 3. The van der Waals surface area contributed by atoms with E-state index in [2.05, 4.69) is 0 Å². The maximum atomic E-state index is 13.6. The van der Waals surface area contributed by atoms with E-state index < -0.39 is 53.1 Å². The number of primary amides is 1. The molecule has 6 nitrogen and oxygen atoms in total. The van der Waals surface area contributed by atoms with Crippen molar-refractivity contribution in [2.75, 3.05) is 13.1 Å². The molecule has 3 N–H and O–H groups in total. The third-order valence-corrected chi connectivity index (χ3v) is 2.49. The number of carboxylic acids is 1. The molecule has 0 saturated carbocycles. The smallest absolute Gasteiger partial charge is 0.323 e. The van der Waals surface area contributed by atoms with Gasteiger partial charge in [0.15, 0.2) is 0 Å². The Bertz CT molecular complexity index is 564. The molecule has 1 aromatic carbocycles. The third-order valence-electron chi connectivity index (χ3n) is 2.20. The molecule has 0 fully saturated rings. The number of carbonyl (C=O) groups excluding carboxylic acids is 2. The Morgan fingerprint density at radius 3 is 2.30 bits per heavy atom. The van der Waals surface area contributed by atoms with Gasteiger partial charge in [0, 0.05) is 0 Å². The van der Waals surface area contributed by atoms with E-state index in [1.165, 1.54) is 0 Å². The van der Waals surface area contributed by atoms with Gasteiger partial charge in [0.05, 0.1) is 10.6 Å². The molecule has 0 unspecified atom stereocenters. The van der Waals surface area contributed by atoms with E-state index in [1.54, 1.807) is 0 Å². The van der Waals surface area contributed by atoms with Crippen LogP contribution in [0.1, 0.15) is 10.4 Å². The number of hydrogen-bond donors (Lipinski definition) is 2. The molecule has 0 spiro atoms. The second-order valence-corrected chi connectivity index (χ2v) is 4.17. The Labute approximate surface area is 116 Å². The van der Waals surface area contributed by atoms with Gasteiger partial charge in [-0.3, -0.25) is 14.4 Å². The number of aliphatic carboxylic acids is 1. The summed E-state index contributed by atoms with van der Waals surface area (Å²) in [5.74, 6) is -5.80. The van der Waals surface area contributed by atoms with E-state index in [9.17, 15) is 23.2 Å². The molecule has 0 aliphatic carbocycles. The first kappa shape index (κ1) is 15.8. The molecule has 1 aromatic rings. The molecule has 0 aliphatic heterocycles. The van der Waals surface area contributed by atoms with Crippen LogP contribution in [0.2, 0.25) is 5.02 Å². The van der Waals surface area contributed by atoms with Crippen molar-refractivity contribution < 1.29 is 28.3 Å². The first-order valence-corrected chi connectivity index (χ1v) is 5.54. The fourth-order valence-electron chi connectivity index (χ4n) is 1.41. The van der Waals surface area contributed by atoms with Gasteiger partial charge in [-0.1, -0.05) is 11.6 Å². The van der Waals surface area contributed by atoms with Crippen LogP contribution in [-0.2, 0) is 9.59 Å². The Hall–Kier alpha value is -2.22. The molecule has 2 amide bonds. The summed E-state index contributed by atoms with van der Waals surface area (Å²) in [6.45, 7) is -1.62. The van der Waals surface area contributed by atoms with E-state index in [0.29, 0.717) is 17.0 Å². The summed E-state index contributed by atoms with van der Waals surface area (Å²) in [5, 5.41) is 8.10. The van der Waals surface area contributed by atoms with Crippen molar-refractivity contribution in [1.29, 1.82) is 0 Å². The molecule has 20 heavy (non-hydrogen) atoms. The predicted molar refractivity (Wildman–Crippen MR) is 64.1 cm³/mol. The lowest BCUT2D eigenvalue weighted by Gasteiger charge is -2.19. The number of halogens is 3. The Morgan fingerprint density at radius 2 is 1.80 bits per heavy atom. The van der Waals surface area contributed by atoms with E-state index in [4.69, 9.17) is 22.4 Å². The average Bonchev–Trinajstić information content (AvgIpc) is 2.31. The van der Waals surface area contributed by atoms with Crippen LogP contribution in [0.25, 0.3) is 0 Å². The molecule has 0 bridgehead atoms. The topological polar surface area (TPSA) is 101 Å². The summed E-state index contributed by atoms with van der Waals surface area (Å²) in [5.41, 5.74) is 4.12. The molecule has 0 saturated heterocycles. The summed E-state index contributed by atoms with van der Waals surface area (Å²) in [7, 11) is 0. The van der Waals surface area contributed by atoms with Crippen LogP contribution >= 0.6 is 11.6 Å². The average molecular weight is 307 g/mol. The second kappa shape index (κ2) is 6.29. The van der Waals surface area contributed by atoms with Crippen LogP contribution in [0.3, 0.4) is 0 Å². The number of benzene rings is 1. The zero-order valence-corrected chi connectivity index (χ0v) is 10.7. The highest BCUT2D eigenvalue weighted by molar-refractivity contribution is 6.30. The molecule has 1 rings (SSSR count). The zero-order valence-electron chi connectivity index (χ0n) is 9.90. The normalized spacial score (nSPS) is 10.2. The lowest BCUT2D eigenvalue weighted by Crippen LogP contribution is -2.41. The molecule has 0 aliphatic rings.